The second-order valence-corrected chi connectivity index (χ2v) is 4.61. The molecule has 1 aromatic carbocycles. The first kappa shape index (κ1) is 10.7. The Morgan fingerprint density at radius 3 is 2.75 bits per heavy atom. The van der Waals surface area contributed by atoms with Gasteiger partial charge in [0.1, 0.15) is 11.4 Å². The van der Waals surface area contributed by atoms with Crippen LogP contribution in [-0.2, 0) is 0 Å². The highest BCUT2D eigenvalue weighted by molar-refractivity contribution is 6.02. The van der Waals surface area contributed by atoms with E-state index in [1.807, 2.05) is 26.8 Å². The molecule has 0 saturated carbocycles. The highest BCUT2D eigenvalue weighted by atomic mass is 16.5. The average molecular weight is 215 g/mol. The lowest BCUT2D eigenvalue weighted by molar-refractivity contribution is 0.0319. The van der Waals surface area contributed by atoms with E-state index in [1.165, 1.54) is 0 Å². The molecule has 0 N–H and O–H groups in total. The Balaban J connectivity index is 2.56. The first-order valence-corrected chi connectivity index (χ1v) is 5.23. The van der Waals surface area contributed by atoms with E-state index in [9.17, 15) is 4.79 Å². The fourth-order valence-corrected chi connectivity index (χ4v) is 1.80. The van der Waals surface area contributed by atoms with Gasteiger partial charge in [-0.25, -0.2) is 0 Å². The van der Waals surface area contributed by atoms with E-state index in [4.69, 9.17) is 10.00 Å². The molecule has 0 aliphatic carbocycles. The van der Waals surface area contributed by atoms with E-state index in [0.29, 0.717) is 16.9 Å². The van der Waals surface area contributed by atoms with Crippen LogP contribution >= 0.6 is 0 Å². The number of fused-ring (bicyclic) bond motifs is 1. The van der Waals surface area contributed by atoms with Crippen LogP contribution in [0.3, 0.4) is 0 Å². The fraction of sp³-hybridized carbons (Fsp3) is 0.385. The minimum atomic E-state index is -0.488. The maximum Gasteiger partial charge on any atom is 0.173 e. The van der Waals surface area contributed by atoms with Gasteiger partial charge in [0.05, 0.1) is 23.1 Å². The van der Waals surface area contributed by atoms with Gasteiger partial charge in [0.15, 0.2) is 5.78 Å². The van der Waals surface area contributed by atoms with Crippen LogP contribution in [0, 0.1) is 17.2 Å². The molecule has 1 aliphatic rings. The van der Waals surface area contributed by atoms with Crippen molar-refractivity contribution >= 4 is 5.78 Å². The summed E-state index contributed by atoms with van der Waals surface area (Å²) < 4.78 is 5.77. The normalized spacial score (nSPS) is 21.9. The van der Waals surface area contributed by atoms with Crippen LogP contribution in [0.25, 0.3) is 0 Å². The summed E-state index contributed by atoms with van der Waals surface area (Å²) in [6.45, 7) is 5.65. The minimum Gasteiger partial charge on any atom is -0.486 e. The molecule has 0 aromatic heterocycles. The van der Waals surface area contributed by atoms with E-state index in [2.05, 4.69) is 0 Å². The highest BCUT2D eigenvalue weighted by Gasteiger charge is 2.39. The van der Waals surface area contributed by atoms with Crippen LogP contribution in [0.5, 0.6) is 5.75 Å². The third-order valence-electron chi connectivity index (χ3n) is 3.18. The van der Waals surface area contributed by atoms with Gasteiger partial charge in [0, 0.05) is 0 Å². The van der Waals surface area contributed by atoms with Crippen molar-refractivity contribution in [2.45, 2.75) is 26.4 Å². The Labute approximate surface area is 94.6 Å². The van der Waals surface area contributed by atoms with E-state index < -0.39 is 5.60 Å². The van der Waals surface area contributed by atoms with Crippen LogP contribution in [0.2, 0.25) is 0 Å². The summed E-state index contributed by atoms with van der Waals surface area (Å²) in [6, 6.07) is 6.98. The zero-order valence-electron chi connectivity index (χ0n) is 9.57. The van der Waals surface area contributed by atoms with Crippen molar-refractivity contribution < 1.29 is 9.53 Å². The fourth-order valence-electron chi connectivity index (χ4n) is 1.80. The minimum absolute atomic E-state index is 0.0448. The number of ether oxygens (including phenoxy) is 1. The molecule has 2 rings (SSSR count). The van der Waals surface area contributed by atoms with Gasteiger partial charge in [-0.1, -0.05) is 6.92 Å². The number of ketones is 1. The molecule has 1 heterocycles. The Morgan fingerprint density at radius 2 is 2.12 bits per heavy atom. The molecular formula is C13H13NO2. The largest absolute Gasteiger partial charge is 0.486 e. The molecule has 0 spiro atoms. The smallest absolute Gasteiger partial charge is 0.173 e. The molecule has 0 radical (unpaired) electrons. The van der Waals surface area contributed by atoms with Crippen molar-refractivity contribution in [2.75, 3.05) is 0 Å². The number of hydrogen-bond donors (Lipinski definition) is 0. The SMILES string of the molecule is C[C@@H]1C(=O)c2cc(C#N)ccc2OC1(C)C. The molecule has 1 atom stereocenters. The molecule has 0 amide bonds. The van der Waals surface area contributed by atoms with Crippen LogP contribution in [0.1, 0.15) is 36.7 Å². The second kappa shape index (κ2) is 3.34. The number of carbonyl (C=O) groups excluding carboxylic acids is 1. The highest BCUT2D eigenvalue weighted by Crippen LogP contribution is 2.36. The molecule has 0 fully saturated rings. The number of Topliss-reactive ketones (excluding diaryl/α,β-unsaturated/α-hetero) is 1. The summed E-state index contributed by atoms with van der Waals surface area (Å²) >= 11 is 0. The predicted octanol–water partition coefficient (Wildman–Crippen LogP) is 2.55. The van der Waals surface area contributed by atoms with Gasteiger partial charge in [0.25, 0.3) is 0 Å². The molecule has 1 aromatic rings. The predicted molar refractivity (Wildman–Crippen MR) is 59.4 cm³/mol. The van der Waals surface area contributed by atoms with Crippen molar-refractivity contribution in [1.82, 2.24) is 0 Å². The van der Waals surface area contributed by atoms with Crippen LogP contribution in [0.15, 0.2) is 18.2 Å². The lowest BCUT2D eigenvalue weighted by atomic mass is 9.82. The van der Waals surface area contributed by atoms with Gasteiger partial charge in [-0.3, -0.25) is 4.79 Å². The summed E-state index contributed by atoms with van der Waals surface area (Å²) in [5, 5.41) is 8.79. The van der Waals surface area contributed by atoms with Crippen molar-refractivity contribution in [1.29, 1.82) is 5.26 Å². The Bertz CT molecular complexity index is 497. The van der Waals surface area contributed by atoms with Crippen molar-refractivity contribution in [3.63, 3.8) is 0 Å². The number of benzene rings is 1. The molecule has 16 heavy (non-hydrogen) atoms. The zero-order chi connectivity index (χ0) is 11.9. The van der Waals surface area contributed by atoms with Crippen molar-refractivity contribution in [3.05, 3.63) is 29.3 Å². The summed E-state index contributed by atoms with van der Waals surface area (Å²) in [7, 11) is 0. The third kappa shape index (κ3) is 1.47. The van der Waals surface area contributed by atoms with Gasteiger partial charge in [0.2, 0.25) is 0 Å². The van der Waals surface area contributed by atoms with Gasteiger partial charge >= 0.3 is 0 Å². The number of hydrogen-bond acceptors (Lipinski definition) is 3. The molecular weight excluding hydrogens is 202 g/mol. The first-order chi connectivity index (χ1) is 7.45. The number of carbonyl (C=O) groups is 1. The van der Waals surface area contributed by atoms with E-state index in [-0.39, 0.29) is 11.7 Å². The van der Waals surface area contributed by atoms with Gasteiger partial charge in [-0.2, -0.15) is 5.26 Å². The molecule has 82 valence electrons. The standard InChI is InChI=1S/C13H13NO2/c1-8-12(15)10-6-9(7-14)4-5-11(10)16-13(8,2)3/h4-6,8H,1-3H3/t8-/m1/s1. The van der Waals surface area contributed by atoms with Crippen molar-refractivity contribution in [3.8, 4) is 11.8 Å². The topological polar surface area (TPSA) is 50.1 Å². The van der Waals surface area contributed by atoms with Crippen LogP contribution < -0.4 is 4.74 Å². The second-order valence-electron chi connectivity index (χ2n) is 4.61. The Morgan fingerprint density at radius 1 is 1.44 bits per heavy atom. The lowest BCUT2D eigenvalue weighted by Gasteiger charge is -2.37. The average Bonchev–Trinajstić information content (AvgIpc) is 2.25. The van der Waals surface area contributed by atoms with Gasteiger partial charge in [-0.15, -0.1) is 0 Å². The van der Waals surface area contributed by atoms with Crippen LogP contribution in [0.4, 0.5) is 0 Å². The molecule has 0 unspecified atom stereocenters. The molecule has 0 saturated heterocycles. The molecule has 1 aliphatic heterocycles. The number of nitrogens with zero attached hydrogens (tertiary/aromatic N) is 1. The quantitative estimate of drug-likeness (QED) is 0.668. The summed E-state index contributed by atoms with van der Waals surface area (Å²) in [4.78, 5) is 12.1. The molecule has 0 bridgehead atoms. The van der Waals surface area contributed by atoms with E-state index >= 15 is 0 Å². The van der Waals surface area contributed by atoms with E-state index in [1.54, 1.807) is 18.2 Å². The third-order valence-corrected chi connectivity index (χ3v) is 3.18. The summed E-state index contributed by atoms with van der Waals surface area (Å²) in [6.07, 6.45) is 0. The summed E-state index contributed by atoms with van der Waals surface area (Å²) in [5.41, 5.74) is 0.520. The number of nitriles is 1. The van der Waals surface area contributed by atoms with Crippen molar-refractivity contribution in [2.24, 2.45) is 5.92 Å². The summed E-state index contributed by atoms with van der Waals surface area (Å²) in [5.74, 6) is 0.421. The first-order valence-electron chi connectivity index (χ1n) is 5.23. The maximum absolute atomic E-state index is 12.1. The molecule has 3 nitrogen and oxygen atoms in total. The Kier molecular flexibility index (Phi) is 2.23. The lowest BCUT2D eigenvalue weighted by Crippen LogP contribution is -2.44. The van der Waals surface area contributed by atoms with Gasteiger partial charge in [-0.05, 0) is 32.0 Å². The monoisotopic (exact) mass is 215 g/mol. The van der Waals surface area contributed by atoms with Crippen LogP contribution in [-0.4, -0.2) is 11.4 Å². The number of rotatable bonds is 0. The Hall–Kier alpha value is -1.82. The molecule has 3 heteroatoms. The maximum atomic E-state index is 12.1. The van der Waals surface area contributed by atoms with E-state index in [0.717, 1.165) is 0 Å². The zero-order valence-corrected chi connectivity index (χ0v) is 9.57. The van der Waals surface area contributed by atoms with Gasteiger partial charge < -0.3 is 4.74 Å².